The first-order valence-electron chi connectivity index (χ1n) is 6.00. The summed E-state index contributed by atoms with van der Waals surface area (Å²) in [5, 5.41) is 0. The van der Waals surface area contributed by atoms with Gasteiger partial charge in [0.2, 0.25) is 0 Å². The summed E-state index contributed by atoms with van der Waals surface area (Å²) in [5.74, 6) is 1.02. The average Bonchev–Trinajstić information content (AvgIpc) is 2.77. The Hall–Kier alpha value is -2.29. The lowest BCUT2D eigenvalue weighted by Crippen LogP contribution is -1.99. The van der Waals surface area contributed by atoms with E-state index < -0.39 is 0 Å². The van der Waals surface area contributed by atoms with Crippen molar-refractivity contribution >= 4 is 11.2 Å². The smallest absolute Gasteiger partial charge is 0.117 e. The van der Waals surface area contributed by atoms with Gasteiger partial charge in [-0.05, 0) is 30.2 Å². The number of nitrogens with zero attached hydrogens (tertiary/aromatic N) is 2. The molecule has 3 rings (SSSR count). The molecule has 0 amide bonds. The van der Waals surface area contributed by atoms with Crippen LogP contribution in [0.25, 0.3) is 5.52 Å². The topological polar surface area (TPSA) is 43.3 Å². The van der Waals surface area contributed by atoms with Gasteiger partial charge < -0.3 is 10.1 Å². The molecule has 0 aliphatic rings. The molecule has 0 bridgehead atoms. The quantitative estimate of drug-likeness (QED) is 0.744. The molecule has 18 heavy (non-hydrogen) atoms. The van der Waals surface area contributed by atoms with Crippen LogP contribution in [-0.2, 0) is 6.42 Å². The standard InChI is InChI=1S/C15H15N3/c1-11-5-2-3-6-12(11)9-15-17-10-14-13(16)7-4-8-18(14)15/h2-8,10H,9,16H2,1H3. The SMILES string of the molecule is Cc1ccccc1Cc1ncc2c(N)cccn12. The highest BCUT2D eigenvalue weighted by atomic mass is 15.0. The lowest BCUT2D eigenvalue weighted by atomic mass is 10.1. The Labute approximate surface area is 106 Å². The van der Waals surface area contributed by atoms with Crippen molar-refractivity contribution in [2.75, 3.05) is 5.73 Å². The summed E-state index contributed by atoms with van der Waals surface area (Å²) in [6.07, 6.45) is 4.67. The minimum absolute atomic E-state index is 0.765. The molecule has 0 radical (unpaired) electrons. The molecular formula is C15H15N3. The fourth-order valence-corrected chi connectivity index (χ4v) is 2.21. The van der Waals surface area contributed by atoms with Crippen LogP contribution in [0.3, 0.4) is 0 Å². The van der Waals surface area contributed by atoms with Gasteiger partial charge >= 0.3 is 0 Å². The highest BCUT2D eigenvalue weighted by molar-refractivity contribution is 5.68. The monoisotopic (exact) mass is 237 g/mol. The fourth-order valence-electron chi connectivity index (χ4n) is 2.21. The number of hydrogen-bond acceptors (Lipinski definition) is 2. The third kappa shape index (κ3) is 1.74. The number of imidazole rings is 1. The number of fused-ring (bicyclic) bond motifs is 1. The van der Waals surface area contributed by atoms with E-state index in [0.717, 1.165) is 23.4 Å². The maximum atomic E-state index is 5.93. The van der Waals surface area contributed by atoms with E-state index >= 15 is 0 Å². The molecule has 0 aliphatic heterocycles. The fraction of sp³-hybridized carbons (Fsp3) is 0.133. The number of rotatable bonds is 2. The van der Waals surface area contributed by atoms with Crippen molar-refractivity contribution in [1.29, 1.82) is 0 Å². The molecule has 0 aliphatic carbocycles. The van der Waals surface area contributed by atoms with Gasteiger partial charge in [0.05, 0.1) is 17.4 Å². The maximum absolute atomic E-state index is 5.93. The molecule has 3 aromatic rings. The number of anilines is 1. The number of aryl methyl sites for hydroxylation is 1. The van der Waals surface area contributed by atoms with Crippen LogP contribution in [0.4, 0.5) is 5.69 Å². The minimum Gasteiger partial charge on any atom is -0.397 e. The third-order valence-corrected chi connectivity index (χ3v) is 3.29. The summed E-state index contributed by atoms with van der Waals surface area (Å²) in [6.45, 7) is 2.12. The van der Waals surface area contributed by atoms with E-state index in [0.29, 0.717) is 0 Å². The summed E-state index contributed by atoms with van der Waals surface area (Å²) < 4.78 is 2.06. The third-order valence-electron chi connectivity index (χ3n) is 3.29. The van der Waals surface area contributed by atoms with Gasteiger partial charge in [-0.1, -0.05) is 24.3 Å². The second kappa shape index (κ2) is 4.18. The van der Waals surface area contributed by atoms with Crippen LogP contribution in [-0.4, -0.2) is 9.38 Å². The molecule has 0 saturated heterocycles. The van der Waals surface area contributed by atoms with Crippen molar-refractivity contribution in [3.63, 3.8) is 0 Å². The van der Waals surface area contributed by atoms with Gasteiger partial charge in [0.25, 0.3) is 0 Å². The molecule has 3 nitrogen and oxygen atoms in total. The Kier molecular flexibility index (Phi) is 2.52. The van der Waals surface area contributed by atoms with Crippen molar-refractivity contribution in [3.05, 3.63) is 65.7 Å². The van der Waals surface area contributed by atoms with Gasteiger partial charge in [0.1, 0.15) is 5.82 Å². The molecule has 2 heterocycles. The van der Waals surface area contributed by atoms with Crippen LogP contribution in [0.1, 0.15) is 17.0 Å². The maximum Gasteiger partial charge on any atom is 0.117 e. The number of hydrogen-bond donors (Lipinski definition) is 1. The van der Waals surface area contributed by atoms with E-state index in [1.54, 1.807) is 0 Å². The number of nitrogen functional groups attached to an aromatic ring is 1. The Morgan fingerprint density at radius 1 is 1.17 bits per heavy atom. The zero-order valence-corrected chi connectivity index (χ0v) is 10.3. The molecule has 0 fully saturated rings. The number of aromatic nitrogens is 2. The van der Waals surface area contributed by atoms with Gasteiger partial charge in [0, 0.05) is 12.6 Å². The zero-order chi connectivity index (χ0) is 12.5. The normalized spacial score (nSPS) is 10.9. The van der Waals surface area contributed by atoms with E-state index in [1.807, 2.05) is 24.5 Å². The van der Waals surface area contributed by atoms with Crippen LogP contribution in [0.5, 0.6) is 0 Å². The van der Waals surface area contributed by atoms with Crippen LogP contribution in [0, 0.1) is 6.92 Å². The first kappa shape index (κ1) is 10.8. The Bertz CT molecular complexity index is 698. The zero-order valence-electron chi connectivity index (χ0n) is 10.3. The molecule has 3 heteroatoms. The van der Waals surface area contributed by atoms with Crippen molar-refractivity contribution in [2.45, 2.75) is 13.3 Å². The van der Waals surface area contributed by atoms with Crippen LogP contribution in [0.15, 0.2) is 48.8 Å². The lowest BCUT2D eigenvalue weighted by Gasteiger charge is -2.05. The largest absolute Gasteiger partial charge is 0.397 e. The number of pyridine rings is 1. The Morgan fingerprint density at radius 3 is 2.83 bits per heavy atom. The molecular weight excluding hydrogens is 222 g/mol. The van der Waals surface area contributed by atoms with Gasteiger partial charge in [-0.15, -0.1) is 0 Å². The minimum atomic E-state index is 0.765. The van der Waals surface area contributed by atoms with Gasteiger partial charge in [-0.25, -0.2) is 4.98 Å². The van der Waals surface area contributed by atoms with Crippen molar-refractivity contribution < 1.29 is 0 Å². The van der Waals surface area contributed by atoms with Crippen LogP contribution in [0.2, 0.25) is 0 Å². The summed E-state index contributed by atoms with van der Waals surface area (Å²) in [5.41, 5.74) is 10.3. The predicted octanol–water partition coefficient (Wildman–Crippen LogP) is 2.82. The molecule has 0 atom stereocenters. The van der Waals surface area contributed by atoms with Crippen LogP contribution >= 0.6 is 0 Å². The summed E-state index contributed by atoms with van der Waals surface area (Å²) >= 11 is 0. The summed E-state index contributed by atoms with van der Waals surface area (Å²) in [4.78, 5) is 4.48. The van der Waals surface area contributed by atoms with Gasteiger partial charge in [-0.2, -0.15) is 0 Å². The molecule has 0 unspecified atom stereocenters. The van der Waals surface area contributed by atoms with Gasteiger partial charge in [0.15, 0.2) is 0 Å². The molecule has 2 aromatic heterocycles. The second-order valence-electron chi connectivity index (χ2n) is 4.50. The van der Waals surface area contributed by atoms with E-state index in [4.69, 9.17) is 5.73 Å². The second-order valence-corrected chi connectivity index (χ2v) is 4.50. The lowest BCUT2D eigenvalue weighted by molar-refractivity contribution is 0.955. The van der Waals surface area contributed by atoms with E-state index in [9.17, 15) is 0 Å². The first-order chi connectivity index (χ1) is 8.75. The number of benzene rings is 1. The first-order valence-corrected chi connectivity index (χ1v) is 6.00. The molecule has 1 aromatic carbocycles. The highest BCUT2D eigenvalue weighted by Gasteiger charge is 2.07. The molecule has 90 valence electrons. The van der Waals surface area contributed by atoms with Crippen molar-refractivity contribution in [1.82, 2.24) is 9.38 Å². The van der Waals surface area contributed by atoms with Crippen LogP contribution < -0.4 is 5.73 Å². The molecule has 2 N–H and O–H groups in total. The molecule has 0 spiro atoms. The average molecular weight is 237 g/mol. The van der Waals surface area contributed by atoms with Gasteiger partial charge in [-0.3, -0.25) is 0 Å². The Balaban J connectivity index is 2.06. The van der Waals surface area contributed by atoms with E-state index in [-0.39, 0.29) is 0 Å². The Morgan fingerprint density at radius 2 is 2.00 bits per heavy atom. The van der Waals surface area contributed by atoms with Crippen molar-refractivity contribution in [3.8, 4) is 0 Å². The highest BCUT2D eigenvalue weighted by Crippen LogP contribution is 2.18. The number of nitrogens with two attached hydrogens (primary N) is 1. The summed E-state index contributed by atoms with van der Waals surface area (Å²) in [7, 11) is 0. The van der Waals surface area contributed by atoms with E-state index in [2.05, 4.69) is 40.6 Å². The molecule has 0 saturated carbocycles. The van der Waals surface area contributed by atoms with E-state index in [1.165, 1.54) is 11.1 Å². The predicted molar refractivity (Wildman–Crippen MR) is 73.6 cm³/mol. The van der Waals surface area contributed by atoms with Crippen molar-refractivity contribution in [2.24, 2.45) is 0 Å². The summed E-state index contributed by atoms with van der Waals surface area (Å²) in [6, 6.07) is 12.2.